The van der Waals surface area contributed by atoms with Crippen LogP contribution in [0.3, 0.4) is 0 Å². The maximum absolute atomic E-state index is 11.7. The largest absolute Gasteiger partial charge is 0.347 e. The topological polar surface area (TPSA) is 61.4 Å². The van der Waals surface area contributed by atoms with Crippen LogP contribution in [0.4, 0.5) is 4.79 Å². The third kappa shape index (κ3) is 5.45. The van der Waals surface area contributed by atoms with Crippen molar-refractivity contribution in [3.8, 4) is 0 Å². The average Bonchev–Trinajstić information content (AvgIpc) is 2.43. The van der Waals surface area contributed by atoms with Gasteiger partial charge in [-0.3, -0.25) is 4.79 Å². The van der Waals surface area contributed by atoms with E-state index in [0.29, 0.717) is 6.54 Å². The molecule has 0 atom stereocenters. The predicted octanol–water partition coefficient (Wildman–Crippen LogP) is 1.66. The molecule has 21 heavy (non-hydrogen) atoms. The molecule has 0 aromatic heterocycles. The van der Waals surface area contributed by atoms with E-state index in [1.807, 2.05) is 6.92 Å². The fourth-order valence-corrected chi connectivity index (χ4v) is 1.78. The van der Waals surface area contributed by atoms with Crippen molar-refractivity contribution in [2.75, 3.05) is 27.2 Å². The quantitative estimate of drug-likeness (QED) is 0.866. The summed E-state index contributed by atoms with van der Waals surface area (Å²) < 4.78 is 0. The number of nitrogens with one attached hydrogen (secondary N) is 2. The van der Waals surface area contributed by atoms with Gasteiger partial charge in [0.15, 0.2) is 0 Å². The molecule has 0 bridgehead atoms. The third-order valence-corrected chi connectivity index (χ3v) is 3.42. The fraction of sp³-hybridized carbons (Fsp3) is 0.500. The normalized spacial score (nSPS) is 10.9. The van der Waals surface area contributed by atoms with Crippen molar-refractivity contribution in [2.45, 2.75) is 26.2 Å². The number of hydrogen-bond acceptors (Lipinski definition) is 2. The molecule has 2 N–H and O–H groups in total. The van der Waals surface area contributed by atoms with Gasteiger partial charge in [-0.25, -0.2) is 4.79 Å². The summed E-state index contributed by atoms with van der Waals surface area (Å²) in [7, 11) is 3.31. The lowest BCUT2D eigenvalue weighted by molar-refractivity contribution is -0.127. The summed E-state index contributed by atoms with van der Waals surface area (Å²) >= 11 is 0. The van der Waals surface area contributed by atoms with E-state index in [0.717, 1.165) is 5.56 Å². The molecule has 0 aliphatic carbocycles. The summed E-state index contributed by atoms with van der Waals surface area (Å²) in [5.74, 6) is -0.136. The first-order valence-electron chi connectivity index (χ1n) is 7.01. The Morgan fingerprint density at radius 2 is 1.67 bits per heavy atom. The number of carbonyl (C=O) groups is 2. The van der Waals surface area contributed by atoms with E-state index in [4.69, 9.17) is 0 Å². The van der Waals surface area contributed by atoms with E-state index >= 15 is 0 Å². The van der Waals surface area contributed by atoms with Crippen molar-refractivity contribution in [1.29, 1.82) is 0 Å². The number of urea groups is 1. The molecule has 1 aromatic rings. The van der Waals surface area contributed by atoms with Gasteiger partial charge in [-0.05, 0) is 12.5 Å². The van der Waals surface area contributed by atoms with Crippen LogP contribution in [0.15, 0.2) is 24.3 Å². The molecule has 0 aliphatic rings. The number of amides is 3. The van der Waals surface area contributed by atoms with Gasteiger partial charge in [0.2, 0.25) is 5.91 Å². The van der Waals surface area contributed by atoms with E-state index in [1.54, 1.807) is 14.1 Å². The molecule has 1 rings (SSSR count). The van der Waals surface area contributed by atoms with Gasteiger partial charge in [-0.15, -0.1) is 0 Å². The molecule has 0 fully saturated rings. The second kappa shape index (κ2) is 7.11. The number of benzene rings is 1. The molecule has 0 saturated carbocycles. The molecule has 5 nitrogen and oxygen atoms in total. The summed E-state index contributed by atoms with van der Waals surface area (Å²) in [6, 6.07) is 7.94. The highest BCUT2D eigenvalue weighted by Gasteiger charge is 2.21. The first-order chi connectivity index (χ1) is 9.72. The van der Waals surface area contributed by atoms with Crippen molar-refractivity contribution >= 4 is 11.9 Å². The van der Waals surface area contributed by atoms with Gasteiger partial charge in [0.25, 0.3) is 0 Å². The lowest BCUT2D eigenvalue weighted by Gasteiger charge is -2.26. The van der Waals surface area contributed by atoms with Crippen LogP contribution in [0.2, 0.25) is 0 Å². The summed E-state index contributed by atoms with van der Waals surface area (Å²) in [5, 5.41) is 5.37. The number of carbonyl (C=O) groups excluding carboxylic acids is 2. The SMILES string of the molecule is Cc1ccc(C(C)(C)CNC(=O)NCC(=O)N(C)C)cc1. The van der Waals surface area contributed by atoms with Gasteiger partial charge in [0.1, 0.15) is 0 Å². The second-order valence-corrected chi connectivity index (χ2v) is 6.07. The van der Waals surface area contributed by atoms with Crippen molar-refractivity contribution in [3.05, 3.63) is 35.4 Å². The second-order valence-electron chi connectivity index (χ2n) is 6.07. The highest BCUT2D eigenvalue weighted by atomic mass is 16.2. The van der Waals surface area contributed by atoms with Crippen LogP contribution in [0.1, 0.15) is 25.0 Å². The molecule has 0 heterocycles. The van der Waals surface area contributed by atoms with E-state index in [9.17, 15) is 9.59 Å². The smallest absolute Gasteiger partial charge is 0.315 e. The van der Waals surface area contributed by atoms with Gasteiger partial charge in [0, 0.05) is 26.1 Å². The Morgan fingerprint density at radius 1 is 1.10 bits per heavy atom. The number of hydrogen-bond donors (Lipinski definition) is 2. The highest BCUT2D eigenvalue weighted by molar-refractivity contribution is 5.83. The van der Waals surface area contributed by atoms with Gasteiger partial charge in [-0.1, -0.05) is 43.7 Å². The molecule has 3 amide bonds. The van der Waals surface area contributed by atoms with Crippen LogP contribution < -0.4 is 10.6 Å². The maximum atomic E-state index is 11.7. The first kappa shape index (κ1) is 17.0. The Morgan fingerprint density at radius 3 is 2.19 bits per heavy atom. The molecular formula is C16H25N3O2. The first-order valence-corrected chi connectivity index (χ1v) is 7.01. The minimum atomic E-state index is -0.328. The molecule has 0 saturated heterocycles. The Balaban J connectivity index is 2.47. The molecule has 5 heteroatoms. The van der Waals surface area contributed by atoms with E-state index in [1.165, 1.54) is 10.5 Å². The van der Waals surface area contributed by atoms with E-state index < -0.39 is 0 Å². The molecule has 0 radical (unpaired) electrons. The number of likely N-dealkylation sites (N-methyl/N-ethyl adjacent to an activating group) is 1. The molecule has 0 unspecified atom stereocenters. The Hall–Kier alpha value is -2.04. The minimum Gasteiger partial charge on any atom is -0.347 e. The molecule has 1 aromatic carbocycles. The van der Waals surface area contributed by atoms with Crippen LogP contribution >= 0.6 is 0 Å². The van der Waals surface area contributed by atoms with Crippen LogP contribution in [-0.2, 0) is 10.2 Å². The highest BCUT2D eigenvalue weighted by Crippen LogP contribution is 2.22. The lowest BCUT2D eigenvalue weighted by atomic mass is 9.84. The summed E-state index contributed by atoms with van der Waals surface area (Å²) in [4.78, 5) is 24.5. The van der Waals surface area contributed by atoms with Crippen LogP contribution in [0.5, 0.6) is 0 Å². The van der Waals surface area contributed by atoms with Crippen LogP contribution in [-0.4, -0.2) is 44.0 Å². The molecular weight excluding hydrogens is 266 g/mol. The summed E-state index contributed by atoms with van der Waals surface area (Å²) in [6.45, 7) is 6.69. The number of nitrogens with zero attached hydrogens (tertiary/aromatic N) is 1. The van der Waals surface area contributed by atoms with Gasteiger partial charge in [-0.2, -0.15) is 0 Å². The minimum absolute atomic E-state index is 0.00376. The van der Waals surface area contributed by atoms with Crippen molar-refractivity contribution in [1.82, 2.24) is 15.5 Å². The lowest BCUT2D eigenvalue weighted by Crippen LogP contribution is -2.45. The average molecular weight is 291 g/mol. The van der Waals surface area contributed by atoms with Crippen molar-refractivity contribution in [3.63, 3.8) is 0 Å². The molecule has 0 spiro atoms. The molecule has 116 valence electrons. The van der Waals surface area contributed by atoms with E-state index in [-0.39, 0.29) is 23.9 Å². The summed E-state index contributed by atoms with van der Waals surface area (Å²) in [5.41, 5.74) is 2.21. The monoisotopic (exact) mass is 291 g/mol. The van der Waals surface area contributed by atoms with E-state index in [2.05, 4.69) is 48.7 Å². The van der Waals surface area contributed by atoms with Crippen LogP contribution in [0, 0.1) is 6.92 Å². The Labute approximate surface area is 126 Å². The number of aryl methyl sites for hydroxylation is 1. The summed E-state index contributed by atoms with van der Waals surface area (Å²) in [6.07, 6.45) is 0. The Kier molecular flexibility index (Phi) is 5.76. The fourth-order valence-electron chi connectivity index (χ4n) is 1.78. The Bertz CT molecular complexity index is 493. The zero-order valence-corrected chi connectivity index (χ0v) is 13.5. The van der Waals surface area contributed by atoms with Crippen molar-refractivity contribution in [2.24, 2.45) is 0 Å². The molecule has 0 aliphatic heterocycles. The maximum Gasteiger partial charge on any atom is 0.315 e. The van der Waals surface area contributed by atoms with Crippen molar-refractivity contribution < 1.29 is 9.59 Å². The van der Waals surface area contributed by atoms with Crippen LogP contribution in [0.25, 0.3) is 0 Å². The zero-order chi connectivity index (χ0) is 16.0. The number of rotatable bonds is 5. The zero-order valence-electron chi connectivity index (χ0n) is 13.5. The van der Waals surface area contributed by atoms with Gasteiger partial charge >= 0.3 is 6.03 Å². The third-order valence-electron chi connectivity index (χ3n) is 3.42. The predicted molar refractivity (Wildman–Crippen MR) is 84.3 cm³/mol. The van der Waals surface area contributed by atoms with Gasteiger partial charge in [0.05, 0.1) is 6.54 Å². The standard InChI is InChI=1S/C16H25N3O2/c1-12-6-8-13(9-7-12)16(2,3)11-18-15(21)17-10-14(20)19(4)5/h6-9H,10-11H2,1-5H3,(H2,17,18,21). The van der Waals surface area contributed by atoms with Gasteiger partial charge < -0.3 is 15.5 Å².